The van der Waals surface area contributed by atoms with Crippen molar-refractivity contribution < 1.29 is 14.9 Å². The number of benzene rings is 1. The first-order valence-electron chi connectivity index (χ1n) is 11.6. The van der Waals surface area contributed by atoms with Crippen molar-refractivity contribution in [1.29, 1.82) is 0 Å². The number of nitrogens with zero attached hydrogens (tertiary/aromatic N) is 5. The molecule has 1 aliphatic rings. The zero-order valence-electron chi connectivity index (χ0n) is 20.6. The number of fused-ring (bicyclic) bond motifs is 3. The lowest BCUT2D eigenvalue weighted by Crippen LogP contribution is -2.00. The lowest BCUT2D eigenvalue weighted by atomic mass is 10.1. The highest BCUT2D eigenvalue weighted by molar-refractivity contribution is 6.33. The summed E-state index contributed by atoms with van der Waals surface area (Å²) in [6.45, 7) is 0.309. The summed E-state index contributed by atoms with van der Waals surface area (Å²) in [5.74, 6) is 12.1. The Hall–Kier alpha value is -4.94. The minimum atomic E-state index is -0.194. The smallest absolute Gasteiger partial charge is 0.143 e. The normalized spacial score (nSPS) is 11.2. The molecule has 0 bridgehead atoms. The summed E-state index contributed by atoms with van der Waals surface area (Å²) < 4.78 is 5.49. The van der Waals surface area contributed by atoms with Gasteiger partial charge in [0.15, 0.2) is 0 Å². The molecule has 5 heterocycles. The van der Waals surface area contributed by atoms with E-state index >= 15 is 0 Å². The molecule has 0 saturated heterocycles. The van der Waals surface area contributed by atoms with Crippen LogP contribution in [0.3, 0.4) is 0 Å². The van der Waals surface area contributed by atoms with Crippen molar-refractivity contribution in [2.75, 3.05) is 25.6 Å². The molecule has 0 aliphatic carbocycles. The van der Waals surface area contributed by atoms with Crippen LogP contribution in [0.5, 0.6) is 5.75 Å². The van der Waals surface area contributed by atoms with Crippen LogP contribution in [0.4, 0.5) is 11.5 Å². The quantitative estimate of drug-likeness (QED) is 0.173. The van der Waals surface area contributed by atoms with Crippen molar-refractivity contribution in [1.82, 2.24) is 29.9 Å². The first-order valence-corrected chi connectivity index (χ1v) is 12.0. The molecule has 12 heteroatoms. The number of hydrogen-bond acceptors (Lipinski definition) is 9. The maximum atomic E-state index is 8.83. The number of methoxy groups -OCH3 is 1. The summed E-state index contributed by atoms with van der Waals surface area (Å²) in [6.07, 6.45) is 4.71. The third-order valence-corrected chi connectivity index (χ3v) is 5.91. The molecule has 0 saturated carbocycles. The number of aliphatic hydroxyl groups is 2. The molecule has 0 fully saturated rings. The molecule has 6 rings (SSSR count). The van der Waals surface area contributed by atoms with Crippen LogP contribution in [0.25, 0.3) is 22.1 Å². The number of aromatic nitrogens is 6. The van der Waals surface area contributed by atoms with E-state index in [1.165, 1.54) is 12.7 Å². The Kier molecular flexibility index (Phi) is 7.66. The van der Waals surface area contributed by atoms with Gasteiger partial charge in [0.05, 0.1) is 41.5 Å². The second-order valence-corrected chi connectivity index (χ2v) is 8.40. The zero-order chi connectivity index (χ0) is 27.2. The molecule has 5 aromatic rings. The molecule has 5 N–H and O–H groups in total. The summed E-state index contributed by atoms with van der Waals surface area (Å²) in [5.41, 5.74) is 5.65. The van der Waals surface area contributed by atoms with Crippen molar-refractivity contribution in [2.45, 2.75) is 6.54 Å². The molecule has 0 spiro atoms. The van der Waals surface area contributed by atoms with Gasteiger partial charge in [-0.25, -0.2) is 19.9 Å². The van der Waals surface area contributed by atoms with Crippen molar-refractivity contribution in [3.8, 4) is 29.4 Å². The maximum absolute atomic E-state index is 8.83. The van der Waals surface area contributed by atoms with Gasteiger partial charge in [-0.2, -0.15) is 0 Å². The minimum absolute atomic E-state index is 0.172. The average Bonchev–Trinajstić information content (AvgIpc) is 3.69. The fourth-order valence-electron chi connectivity index (χ4n) is 3.89. The van der Waals surface area contributed by atoms with E-state index in [1.807, 2.05) is 24.4 Å². The van der Waals surface area contributed by atoms with Crippen LogP contribution in [0.15, 0.2) is 41.9 Å². The Bertz CT molecular complexity index is 1820. The van der Waals surface area contributed by atoms with Crippen LogP contribution in [0.2, 0.25) is 5.15 Å². The minimum Gasteiger partial charge on any atom is -0.495 e. The van der Waals surface area contributed by atoms with Gasteiger partial charge < -0.3 is 30.2 Å². The van der Waals surface area contributed by atoms with E-state index in [-0.39, 0.29) is 13.2 Å². The van der Waals surface area contributed by atoms with E-state index in [2.05, 4.69) is 63.9 Å². The fraction of sp³-hybridized carbons (Fsp3) is 0.148. The molecule has 4 aromatic heterocycles. The van der Waals surface area contributed by atoms with E-state index in [1.54, 1.807) is 13.2 Å². The second kappa shape index (κ2) is 11.6. The van der Waals surface area contributed by atoms with Gasteiger partial charge in [0.25, 0.3) is 0 Å². The van der Waals surface area contributed by atoms with Gasteiger partial charge in [-0.05, 0) is 47.2 Å². The first kappa shape index (κ1) is 25.7. The van der Waals surface area contributed by atoms with Gasteiger partial charge in [0.1, 0.15) is 53.9 Å². The van der Waals surface area contributed by atoms with Crippen molar-refractivity contribution in [3.63, 3.8) is 0 Å². The van der Waals surface area contributed by atoms with Gasteiger partial charge >= 0.3 is 0 Å². The van der Waals surface area contributed by atoms with Crippen LogP contribution < -0.4 is 10.1 Å². The number of H-pyrrole nitrogens is 2. The van der Waals surface area contributed by atoms with E-state index in [4.69, 9.17) is 26.6 Å². The Morgan fingerprint density at radius 2 is 1.59 bits per heavy atom. The second-order valence-electron chi connectivity index (χ2n) is 8.04. The van der Waals surface area contributed by atoms with Gasteiger partial charge in [-0.3, -0.25) is 4.99 Å². The largest absolute Gasteiger partial charge is 0.495 e. The molecular weight excluding hydrogens is 520 g/mol. The zero-order valence-corrected chi connectivity index (χ0v) is 21.3. The number of nitrogens with one attached hydrogen (secondary N) is 3. The van der Waals surface area contributed by atoms with Crippen LogP contribution in [0.1, 0.15) is 22.5 Å². The third kappa shape index (κ3) is 5.66. The molecule has 0 unspecified atom stereocenters. The summed E-state index contributed by atoms with van der Waals surface area (Å²) in [7, 11) is 1.64. The van der Waals surface area contributed by atoms with Gasteiger partial charge in [-0.1, -0.05) is 23.4 Å². The topological polar surface area (TPSA) is 157 Å². The average molecular weight is 541 g/mol. The van der Waals surface area contributed by atoms with Crippen molar-refractivity contribution in [3.05, 3.63) is 64.6 Å². The molecule has 39 heavy (non-hydrogen) atoms. The van der Waals surface area contributed by atoms with Gasteiger partial charge in [0.2, 0.25) is 0 Å². The Morgan fingerprint density at radius 3 is 2.26 bits per heavy atom. The fourth-order valence-corrected chi connectivity index (χ4v) is 4.07. The SMILES string of the molecule is COc1cc2c(cc1Nc1ncnc3[nH]c(C#CCO)cc13)C=NC2.OCC#Cc1cc2c(Cl)ncnc2[nH]1. The molecule has 0 radical (unpaired) electrons. The Labute approximate surface area is 227 Å². The molecule has 194 valence electrons. The Balaban J connectivity index is 0.000000186. The lowest BCUT2D eigenvalue weighted by molar-refractivity contribution is 0.350. The number of rotatable bonds is 3. The molecule has 0 amide bonds. The molecule has 1 aromatic carbocycles. The van der Waals surface area contributed by atoms with Crippen molar-refractivity contribution in [2.24, 2.45) is 4.99 Å². The number of hydrogen-bond donors (Lipinski definition) is 5. The predicted molar refractivity (Wildman–Crippen MR) is 148 cm³/mol. The molecular formula is C27H21ClN8O3. The van der Waals surface area contributed by atoms with Crippen LogP contribution in [0, 0.1) is 23.7 Å². The van der Waals surface area contributed by atoms with E-state index in [0.29, 0.717) is 40.2 Å². The van der Waals surface area contributed by atoms with Crippen LogP contribution >= 0.6 is 11.6 Å². The van der Waals surface area contributed by atoms with Crippen LogP contribution in [-0.2, 0) is 6.54 Å². The third-order valence-electron chi connectivity index (χ3n) is 5.61. The van der Waals surface area contributed by atoms with E-state index < -0.39 is 0 Å². The highest BCUT2D eigenvalue weighted by Gasteiger charge is 2.15. The highest BCUT2D eigenvalue weighted by Crippen LogP contribution is 2.33. The van der Waals surface area contributed by atoms with Crippen LogP contribution in [-0.4, -0.2) is 66.7 Å². The van der Waals surface area contributed by atoms with E-state index in [0.717, 1.165) is 33.3 Å². The lowest BCUT2D eigenvalue weighted by Gasteiger charge is -2.13. The summed E-state index contributed by atoms with van der Waals surface area (Å²) in [4.78, 5) is 26.7. The summed E-state index contributed by atoms with van der Waals surface area (Å²) in [5, 5.41) is 22.6. The predicted octanol–water partition coefficient (Wildman–Crippen LogP) is 2.94. The number of aliphatic hydroxyl groups excluding tert-OH is 2. The first-order chi connectivity index (χ1) is 19.1. The Morgan fingerprint density at radius 1 is 0.923 bits per heavy atom. The summed E-state index contributed by atoms with van der Waals surface area (Å²) >= 11 is 5.84. The van der Waals surface area contributed by atoms with Gasteiger partial charge in [-0.15, -0.1) is 0 Å². The number of halogens is 1. The number of aromatic amines is 2. The van der Waals surface area contributed by atoms with Gasteiger partial charge in [0, 0.05) is 6.21 Å². The summed E-state index contributed by atoms with van der Waals surface area (Å²) in [6, 6.07) is 7.58. The monoisotopic (exact) mass is 540 g/mol. The highest BCUT2D eigenvalue weighted by atomic mass is 35.5. The number of ether oxygens (including phenoxy) is 1. The number of aliphatic imine (C=N–C) groups is 1. The number of anilines is 2. The maximum Gasteiger partial charge on any atom is 0.143 e. The van der Waals surface area contributed by atoms with Crippen molar-refractivity contribution >= 4 is 51.4 Å². The molecule has 1 aliphatic heterocycles. The molecule has 11 nitrogen and oxygen atoms in total. The van der Waals surface area contributed by atoms with E-state index in [9.17, 15) is 0 Å². The molecule has 0 atom stereocenters. The standard InChI is InChI=1S/C18H15N5O2.C9H6ClN3O/c1-25-16-6-12-9-19-8-11(12)5-15(16)23-18-14-7-13(3-2-4-24)22-17(14)20-10-21-18;10-8-7-4-6(2-1-3-14)13-9(7)12-5-11-8/h5-8,10,24H,4,9H2,1H3,(H2,20,21,22,23);4-5,14H,3H2,(H,11,12,13).